The molecule has 0 aliphatic heterocycles. The summed E-state index contributed by atoms with van der Waals surface area (Å²) < 4.78 is 13.4. The second-order valence-electron chi connectivity index (χ2n) is 5.38. The van der Waals surface area contributed by atoms with Gasteiger partial charge in [0.05, 0.1) is 13.2 Å². The number of hydrogen-bond acceptors (Lipinski definition) is 2. The second-order valence-corrected chi connectivity index (χ2v) is 5.78. The summed E-state index contributed by atoms with van der Waals surface area (Å²) in [4.78, 5) is 0. The van der Waals surface area contributed by atoms with E-state index in [9.17, 15) is 14.6 Å². The monoisotopic (exact) mass is 308 g/mol. The lowest BCUT2D eigenvalue weighted by Gasteiger charge is -2.31. The zero-order chi connectivity index (χ0) is 15.5. The van der Waals surface area contributed by atoms with Crippen LogP contribution in [-0.4, -0.2) is 23.4 Å². The van der Waals surface area contributed by atoms with Crippen LogP contribution in [0.1, 0.15) is 16.7 Å². The molecule has 21 heavy (non-hydrogen) atoms. The summed E-state index contributed by atoms with van der Waals surface area (Å²) >= 11 is 6.10. The summed E-state index contributed by atoms with van der Waals surface area (Å²) in [5.74, 6) is -0.386. The highest BCUT2D eigenvalue weighted by molar-refractivity contribution is 6.31. The van der Waals surface area contributed by atoms with Crippen LogP contribution in [0.25, 0.3) is 0 Å². The first kappa shape index (κ1) is 16.0. The van der Waals surface area contributed by atoms with Gasteiger partial charge in [0.15, 0.2) is 0 Å². The fraction of sp³-hybridized carbons (Fsp3) is 0.294. The highest BCUT2D eigenvalue weighted by atomic mass is 35.5. The number of aliphatic hydroxyl groups is 2. The van der Waals surface area contributed by atoms with Crippen molar-refractivity contribution in [2.75, 3.05) is 13.2 Å². The number of aliphatic hydroxyl groups excluding tert-OH is 2. The summed E-state index contributed by atoms with van der Waals surface area (Å²) in [5.41, 5.74) is 1.58. The molecule has 0 bridgehead atoms. The molecule has 0 aromatic heterocycles. The van der Waals surface area contributed by atoms with Crippen LogP contribution in [0.5, 0.6) is 0 Å². The van der Waals surface area contributed by atoms with E-state index >= 15 is 0 Å². The van der Waals surface area contributed by atoms with Gasteiger partial charge in [-0.05, 0) is 42.7 Å². The molecule has 0 radical (unpaired) electrons. The molecule has 0 aliphatic carbocycles. The fourth-order valence-corrected chi connectivity index (χ4v) is 2.58. The molecular weight excluding hydrogens is 291 g/mol. The van der Waals surface area contributed by atoms with Crippen molar-refractivity contribution in [1.29, 1.82) is 0 Å². The Kier molecular flexibility index (Phi) is 4.99. The molecule has 2 nitrogen and oxygen atoms in total. The average Bonchev–Trinajstić information content (AvgIpc) is 2.49. The molecule has 0 amide bonds. The molecule has 0 heterocycles. The maximum Gasteiger partial charge on any atom is 0.123 e. The molecule has 0 saturated heterocycles. The fourth-order valence-electron chi connectivity index (χ4n) is 2.40. The average molecular weight is 309 g/mol. The van der Waals surface area contributed by atoms with Crippen LogP contribution in [0.4, 0.5) is 4.39 Å². The first-order chi connectivity index (χ1) is 10.0. The highest BCUT2D eigenvalue weighted by Crippen LogP contribution is 2.31. The lowest BCUT2D eigenvalue weighted by Crippen LogP contribution is -2.37. The van der Waals surface area contributed by atoms with E-state index in [1.807, 2.05) is 31.2 Å². The molecule has 0 atom stereocenters. The molecular formula is C17H18ClFO2. The predicted molar refractivity (Wildman–Crippen MR) is 82.1 cm³/mol. The van der Waals surface area contributed by atoms with E-state index in [-0.39, 0.29) is 25.5 Å². The van der Waals surface area contributed by atoms with Crippen LogP contribution < -0.4 is 0 Å². The first-order valence-electron chi connectivity index (χ1n) is 6.73. The van der Waals surface area contributed by atoms with Crippen molar-refractivity contribution in [2.45, 2.75) is 18.8 Å². The molecule has 2 N–H and O–H groups in total. The molecule has 2 aromatic carbocycles. The van der Waals surface area contributed by atoms with Crippen LogP contribution in [0, 0.1) is 12.7 Å². The third-order valence-corrected chi connectivity index (χ3v) is 4.17. The number of hydrogen-bond donors (Lipinski definition) is 2. The first-order valence-corrected chi connectivity index (χ1v) is 7.11. The number of benzene rings is 2. The van der Waals surface area contributed by atoms with Gasteiger partial charge in [-0.15, -0.1) is 0 Å². The van der Waals surface area contributed by atoms with E-state index in [4.69, 9.17) is 11.6 Å². The van der Waals surface area contributed by atoms with Crippen molar-refractivity contribution in [3.05, 3.63) is 70.0 Å². The molecule has 4 heteroatoms. The minimum atomic E-state index is -0.884. The number of rotatable bonds is 5. The van der Waals surface area contributed by atoms with Crippen molar-refractivity contribution < 1.29 is 14.6 Å². The summed E-state index contributed by atoms with van der Waals surface area (Å²) in [6, 6.07) is 11.7. The Morgan fingerprint density at radius 2 is 1.67 bits per heavy atom. The Morgan fingerprint density at radius 1 is 1.05 bits per heavy atom. The van der Waals surface area contributed by atoms with Crippen molar-refractivity contribution in [2.24, 2.45) is 0 Å². The van der Waals surface area contributed by atoms with E-state index in [1.165, 1.54) is 18.2 Å². The van der Waals surface area contributed by atoms with Crippen molar-refractivity contribution in [3.8, 4) is 0 Å². The summed E-state index contributed by atoms with van der Waals surface area (Å²) in [6.45, 7) is 1.46. The van der Waals surface area contributed by atoms with Gasteiger partial charge < -0.3 is 10.2 Å². The van der Waals surface area contributed by atoms with E-state index in [1.54, 1.807) is 0 Å². The van der Waals surface area contributed by atoms with Crippen molar-refractivity contribution >= 4 is 11.6 Å². The lowest BCUT2D eigenvalue weighted by atomic mass is 9.76. The van der Waals surface area contributed by atoms with Crippen LogP contribution >= 0.6 is 11.6 Å². The van der Waals surface area contributed by atoms with Gasteiger partial charge in [-0.2, -0.15) is 0 Å². The minimum Gasteiger partial charge on any atom is -0.395 e. The third kappa shape index (κ3) is 3.43. The normalized spacial score (nSPS) is 11.7. The summed E-state index contributed by atoms with van der Waals surface area (Å²) in [5, 5.41) is 20.1. The zero-order valence-corrected chi connectivity index (χ0v) is 12.6. The van der Waals surface area contributed by atoms with Crippen LogP contribution in [-0.2, 0) is 11.8 Å². The molecule has 112 valence electrons. The quantitative estimate of drug-likeness (QED) is 0.890. The van der Waals surface area contributed by atoms with Gasteiger partial charge in [-0.3, -0.25) is 0 Å². The van der Waals surface area contributed by atoms with Crippen molar-refractivity contribution in [1.82, 2.24) is 0 Å². The molecule has 2 rings (SSSR count). The van der Waals surface area contributed by atoms with Crippen LogP contribution in [0.3, 0.4) is 0 Å². The molecule has 0 saturated carbocycles. The summed E-state index contributed by atoms with van der Waals surface area (Å²) in [7, 11) is 0. The Balaban J connectivity index is 2.42. The van der Waals surface area contributed by atoms with Gasteiger partial charge in [0.1, 0.15) is 5.82 Å². The van der Waals surface area contributed by atoms with Crippen LogP contribution in [0.15, 0.2) is 42.5 Å². The molecule has 2 aromatic rings. The van der Waals surface area contributed by atoms with Crippen molar-refractivity contribution in [3.63, 3.8) is 0 Å². The van der Waals surface area contributed by atoms with Crippen LogP contribution in [0.2, 0.25) is 5.02 Å². The zero-order valence-electron chi connectivity index (χ0n) is 11.8. The Bertz CT molecular complexity index is 607. The van der Waals surface area contributed by atoms with Gasteiger partial charge in [0, 0.05) is 10.4 Å². The van der Waals surface area contributed by atoms with E-state index in [0.29, 0.717) is 10.6 Å². The Morgan fingerprint density at radius 3 is 2.24 bits per heavy atom. The van der Waals surface area contributed by atoms with E-state index in [2.05, 4.69) is 0 Å². The Labute approximate surface area is 128 Å². The standard InChI is InChI=1S/C17H18ClFO2/c1-12-2-4-14(5-3-12)17(10-20,11-21)9-13-8-15(19)6-7-16(13)18/h2-8,20-21H,9-11H2,1H3. The van der Waals surface area contributed by atoms with Gasteiger partial charge >= 0.3 is 0 Å². The largest absolute Gasteiger partial charge is 0.395 e. The second kappa shape index (κ2) is 6.56. The van der Waals surface area contributed by atoms with Gasteiger partial charge in [0.25, 0.3) is 0 Å². The number of aryl methyl sites for hydroxylation is 1. The van der Waals surface area contributed by atoms with Gasteiger partial charge in [-0.1, -0.05) is 41.4 Å². The maximum atomic E-state index is 13.4. The predicted octanol–water partition coefficient (Wildman–Crippen LogP) is 3.25. The SMILES string of the molecule is Cc1ccc(C(CO)(CO)Cc2cc(F)ccc2Cl)cc1. The lowest BCUT2D eigenvalue weighted by molar-refractivity contribution is 0.116. The molecule has 0 fully saturated rings. The third-order valence-electron chi connectivity index (χ3n) is 3.81. The topological polar surface area (TPSA) is 40.5 Å². The maximum absolute atomic E-state index is 13.4. The highest BCUT2D eigenvalue weighted by Gasteiger charge is 2.32. The molecule has 0 aliphatic rings. The smallest absolute Gasteiger partial charge is 0.123 e. The van der Waals surface area contributed by atoms with E-state index < -0.39 is 5.41 Å². The Hall–Kier alpha value is -1.42. The summed E-state index contributed by atoms with van der Waals surface area (Å²) in [6.07, 6.45) is 0.264. The molecule has 0 unspecified atom stereocenters. The molecule has 0 spiro atoms. The van der Waals surface area contributed by atoms with Gasteiger partial charge in [-0.25, -0.2) is 4.39 Å². The number of halogens is 2. The minimum absolute atomic E-state index is 0.251. The van der Waals surface area contributed by atoms with E-state index in [0.717, 1.165) is 11.1 Å². The van der Waals surface area contributed by atoms with Gasteiger partial charge in [0.2, 0.25) is 0 Å².